The van der Waals surface area contributed by atoms with Gasteiger partial charge in [-0.15, -0.1) is 0 Å². The van der Waals surface area contributed by atoms with E-state index < -0.39 is 0 Å². The van der Waals surface area contributed by atoms with Crippen LogP contribution in [-0.4, -0.2) is 9.78 Å². The maximum Gasteiger partial charge on any atom is 0.268 e. The van der Waals surface area contributed by atoms with Crippen molar-refractivity contribution in [2.24, 2.45) is 0 Å². The normalized spacial score (nSPS) is 14.1. The summed E-state index contributed by atoms with van der Waals surface area (Å²) in [5, 5.41) is 2.88. The zero-order valence-electron chi connectivity index (χ0n) is 8.06. The highest BCUT2D eigenvalue weighted by molar-refractivity contribution is 7.98. The molecule has 0 unspecified atom stereocenters. The van der Waals surface area contributed by atoms with E-state index in [-0.39, 0.29) is 5.56 Å². The van der Waals surface area contributed by atoms with Gasteiger partial charge in [0.05, 0.1) is 16.9 Å². The summed E-state index contributed by atoms with van der Waals surface area (Å²) in [7, 11) is 0. The third-order valence-corrected chi connectivity index (χ3v) is 3.58. The van der Waals surface area contributed by atoms with Gasteiger partial charge in [-0.3, -0.25) is 14.6 Å². The summed E-state index contributed by atoms with van der Waals surface area (Å²) >= 11 is 1.79. The number of fused-ring (bicyclic) bond motifs is 1. The lowest BCUT2D eigenvalue weighted by Crippen LogP contribution is -2.06. The van der Waals surface area contributed by atoms with Gasteiger partial charge >= 0.3 is 0 Å². The van der Waals surface area contributed by atoms with Crippen LogP contribution in [0.3, 0.4) is 0 Å². The Morgan fingerprint density at radius 1 is 1.20 bits per heavy atom. The minimum absolute atomic E-state index is 0.0545. The van der Waals surface area contributed by atoms with Crippen LogP contribution in [-0.2, 0) is 11.5 Å². The number of nitrogens with zero attached hydrogens (tertiary/aromatic N) is 1. The molecule has 4 heteroatoms. The minimum atomic E-state index is 0.0545. The van der Waals surface area contributed by atoms with E-state index in [9.17, 15) is 4.79 Å². The van der Waals surface area contributed by atoms with Gasteiger partial charge in [0.2, 0.25) is 0 Å². The van der Waals surface area contributed by atoms with Crippen LogP contribution in [0.5, 0.6) is 0 Å². The molecule has 1 aliphatic rings. The predicted octanol–water partition coefficient (Wildman–Crippen LogP) is 1.91. The first kappa shape index (κ1) is 8.85. The molecule has 15 heavy (non-hydrogen) atoms. The summed E-state index contributed by atoms with van der Waals surface area (Å²) in [6.07, 6.45) is 0. The summed E-state index contributed by atoms with van der Waals surface area (Å²) in [6.45, 7) is 0. The first-order chi connectivity index (χ1) is 7.36. The van der Waals surface area contributed by atoms with Crippen LogP contribution >= 0.6 is 11.8 Å². The van der Waals surface area contributed by atoms with Crippen molar-refractivity contribution in [1.82, 2.24) is 9.78 Å². The highest BCUT2D eigenvalue weighted by Crippen LogP contribution is 2.28. The molecule has 1 aromatic carbocycles. The van der Waals surface area contributed by atoms with E-state index >= 15 is 0 Å². The molecule has 1 aliphatic heterocycles. The topological polar surface area (TPSA) is 37.8 Å². The quantitative estimate of drug-likeness (QED) is 0.794. The molecule has 0 aliphatic carbocycles. The Hall–Kier alpha value is -1.42. The number of benzene rings is 1. The van der Waals surface area contributed by atoms with E-state index in [1.165, 1.54) is 0 Å². The smallest absolute Gasteiger partial charge is 0.268 e. The summed E-state index contributed by atoms with van der Waals surface area (Å²) in [4.78, 5) is 11.6. The highest BCUT2D eigenvalue weighted by atomic mass is 32.2. The van der Waals surface area contributed by atoms with E-state index in [1.54, 1.807) is 11.8 Å². The Morgan fingerprint density at radius 2 is 2.00 bits per heavy atom. The van der Waals surface area contributed by atoms with E-state index in [4.69, 9.17) is 0 Å². The summed E-state index contributed by atoms with van der Waals surface area (Å²) in [5.41, 5.74) is 3.14. The third-order valence-electron chi connectivity index (χ3n) is 2.61. The molecule has 76 valence electrons. The monoisotopic (exact) mass is 218 g/mol. The second-order valence-electron chi connectivity index (χ2n) is 3.53. The van der Waals surface area contributed by atoms with Gasteiger partial charge in [-0.25, -0.2) is 0 Å². The van der Waals surface area contributed by atoms with Gasteiger partial charge in [0, 0.05) is 11.5 Å². The molecule has 0 atom stereocenters. The molecule has 2 aromatic rings. The molecule has 3 rings (SSSR count). The molecule has 1 aromatic heterocycles. The predicted molar refractivity (Wildman–Crippen MR) is 61.4 cm³/mol. The fourth-order valence-electron chi connectivity index (χ4n) is 1.85. The van der Waals surface area contributed by atoms with Crippen LogP contribution in [0.4, 0.5) is 0 Å². The second-order valence-corrected chi connectivity index (χ2v) is 4.52. The molecule has 0 saturated heterocycles. The van der Waals surface area contributed by atoms with Crippen molar-refractivity contribution >= 4 is 11.8 Å². The zero-order chi connectivity index (χ0) is 10.3. The van der Waals surface area contributed by atoms with Crippen molar-refractivity contribution in [1.29, 1.82) is 0 Å². The number of aromatic amines is 1. The SMILES string of the molecule is O=c1[nH]n(-c2ccccc2)c2c1CSC2. The Kier molecular flexibility index (Phi) is 1.95. The van der Waals surface area contributed by atoms with Crippen LogP contribution in [0, 0.1) is 0 Å². The molecule has 3 nitrogen and oxygen atoms in total. The molecular weight excluding hydrogens is 208 g/mol. The van der Waals surface area contributed by atoms with Crippen LogP contribution in [0.25, 0.3) is 5.69 Å². The molecule has 0 radical (unpaired) electrons. The maximum absolute atomic E-state index is 11.6. The van der Waals surface area contributed by atoms with Gasteiger partial charge < -0.3 is 0 Å². The summed E-state index contributed by atoms with van der Waals surface area (Å²) in [5.74, 6) is 1.76. The van der Waals surface area contributed by atoms with Gasteiger partial charge in [0.25, 0.3) is 5.56 Å². The van der Waals surface area contributed by atoms with Gasteiger partial charge in [-0.05, 0) is 12.1 Å². The van der Waals surface area contributed by atoms with E-state index in [0.717, 1.165) is 28.5 Å². The van der Waals surface area contributed by atoms with Gasteiger partial charge in [0.15, 0.2) is 0 Å². The highest BCUT2D eigenvalue weighted by Gasteiger charge is 2.20. The lowest BCUT2D eigenvalue weighted by molar-refractivity contribution is 0.830. The average Bonchev–Trinajstić information content (AvgIpc) is 2.84. The second kappa shape index (κ2) is 3.31. The van der Waals surface area contributed by atoms with Crippen molar-refractivity contribution in [3.05, 3.63) is 51.9 Å². The number of hydrogen-bond donors (Lipinski definition) is 1. The summed E-state index contributed by atoms with van der Waals surface area (Å²) < 4.78 is 1.90. The zero-order valence-corrected chi connectivity index (χ0v) is 8.88. The van der Waals surface area contributed by atoms with Gasteiger partial charge in [-0.2, -0.15) is 11.8 Å². The van der Waals surface area contributed by atoms with Crippen molar-refractivity contribution in [2.75, 3.05) is 0 Å². The molecule has 1 N–H and O–H groups in total. The Labute approximate surface area is 91.1 Å². The van der Waals surface area contributed by atoms with Gasteiger partial charge in [0.1, 0.15) is 0 Å². The third kappa shape index (κ3) is 1.33. The van der Waals surface area contributed by atoms with Crippen molar-refractivity contribution < 1.29 is 0 Å². The summed E-state index contributed by atoms with van der Waals surface area (Å²) in [6, 6.07) is 9.92. The Balaban J connectivity index is 2.22. The molecule has 0 bridgehead atoms. The number of rotatable bonds is 1. The molecular formula is C11H10N2OS. The number of thioether (sulfide) groups is 1. The molecule has 2 heterocycles. The van der Waals surface area contributed by atoms with Crippen LogP contribution in [0.2, 0.25) is 0 Å². The standard InChI is InChI=1S/C11H10N2OS/c14-11-9-6-15-7-10(9)13(12-11)8-4-2-1-3-5-8/h1-5H,6-7H2,(H,12,14). The van der Waals surface area contributed by atoms with E-state index in [2.05, 4.69) is 5.10 Å². The Morgan fingerprint density at radius 3 is 2.80 bits per heavy atom. The Bertz CT molecular complexity index is 541. The first-order valence-electron chi connectivity index (χ1n) is 4.82. The van der Waals surface area contributed by atoms with Crippen LogP contribution in [0.15, 0.2) is 35.1 Å². The van der Waals surface area contributed by atoms with E-state index in [1.807, 2.05) is 35.0 Å². The number of aromatic nitrogens is 2. The van der Waals surface area contributed by atoms with Gasteiger partial charge in [-0.1, -0.05) is 18.2 Å². The van der Waals surface area contributed by atoms with Crippen molar-refractivity contribution in [3.63, 3.8) is 0 Å². The number of nitrogens with one attached hydrogen (secondary N) is 1. The fourth-order valence-corrected chi connectivity index (χ4v) is 2.95. The lowest BCUT2D eigenvalue weighted by atomic mass is 10.3. The molecule has 0 spiro atoms. The van der Waals surface area contributed by atoms with Crippen LogP contribution in [0.1, 0.15) is 11.3 Å². The maximum atomic E-state index is 11.6. The van der Waals surface area contributed by atoms with Crippen LogP contribution < -0.4 is 5.56 Å². The van der Waals surface area contributed by atoms with E-state index in [0.29, 0.717) is 0 Å². The number of hydrogen-bond acceptors (Lipinski definition) is 2. The molecule has 0 amide bonds. The largest absolute Gasteiger partial charge is 0.268 e. The number of H-pyrrole nitrogens is 1. The van der Waals surface area contributed by atoms with Crippen molar-refractivity contribution in [3.8, 4) is 5.69 Å². The number of para-hydroxylation sites is 1. The average molecular weight is 218 g/mol. The molecule has 0 fully saturated rings. The lowest BCUT2D eigenvalue weighted by Gasteiger charge is -2.05. The van der Waals surface area contributed by atoms with Crippen molar-refractivity contribution in [2.45, 2.75) is 11.5 Å². The first-order valence-corrected chi connectivity index (χ1v) is 5.97. The minimum Gasteiger partial charge on any atom is -0.268 e. The fraction of sp³-hybridized carbons (Fsp3) is 0.182. The molecule has 0 saturated carbocycles.